The number of rotatable bonds is 4. The Morgan fingerprint density at radius 3 is 2.94 bits per heavy atom. The maximum absolute atomic E-state index is 6.05. The molecular formula is C13H17IN4. The highest BCUT2D eigenvalue weighted by Crippen LogP contribution is 2.20. The van der Waals surface area contributed by atoms with Gasteiger partial charge in [-0.05, 0) is 53.6 Å². The number of halogens is 1. The van der Waals surface area contributed by atoms with Crippen LogP contribution >= 0.6 is 22.6 Å². The first kappa shape index (κ1) is 13.5. The second kappa shape index (κ2) is 5.79. The summed E-state index contributed by atoms with van der Waals surface area (Å²) in [6.07, 6.45) is 3.92. The summed E-state index contributed by atoms with van der Waals surface area (Å²) in [4.78, 5) is 0. The first-order chi connectivity index (χ1) is 8.63. The molecule has 2 N–H and O–H groups in total. The van der Waals surface area contributed by atoms with Gasteiger partial charge in [0, 0.05) is 3.57 Å². The van der Waals surface area contributed by atoms with Gasteiger partial charge >= 0.3 is 0 Å². The molecule has 0 saturated carbocycles. The highest BCUT2D eigenvalue weighted by Gasteiger charge is 2.11. The van der Waals surface area contributed by atoms with Crippen molar-refractivity contribution in [1.82, 2.24) is 15.0 Å². The standard InChI is InChI=1S/C13H17IN4/c1-3-5-11(15)12-8-18(17-16-12)13-7-4-6-10(14)9(13)2/h4,6-8,11H,3,5,15H2,1-2H3. The predicted octanol–water partition coefficient (Wildman–Crippen LogP) is 2.98. The normalized spacial score (nSPS) is 12.7. The predicted molar refractivity (Wildman–Crippen MR) is 80.6 cm³/mol. The van der Waals surface area contributed by atoms with Gasteiger partial charge in [0.15, 0.2) is 0 Å². The lowest BCUT2D eigenvalue weighted by atomic mass is 10.1. The summed E-state index contributed by atoms with van der Waals surface area (Å²) in [6.45, 7) is 4.21. The van der Waals surface area contributed by atoms with Crippen molar-refractivity contribution in [2.45, 2.75) is 32.7 Å². The largest absolute Gasteiger partial charge is 0.323 e. The average molecular weight is 356 g/mol. The fourth-order valence-corrected chi connectivity index (χ4v) is 2.35. The maximum Gasteiger partial charge on any atom is 0.0998 e. The Labute approximate surface area is 121 Å². The van der Waals surface area contributed by atoms with Crippen LogP contribution in [0.2, 0.25) is 0 Å². The zero-order valence-electron chi connectivity index (χ0n) is 10.6. The fourth-order valence-electron chi connectivity index (χ4n) is 1.87. The van der Waals surface area contributed by atoms with Crippen molar-refractivity contribution in [1.29, 1.82) is 0 Å². The first-order valence-electron chi connectivity index (χ1n) is 6.06. The molecule has 0 amide bonds. The van der Waals surface area contributed by atoms with Gasteiger partial charge in [-0.15, -0.1) is 5.10 Å². The van der Waals surface area contributed by atoms with Crippen molar-refractivity contribution in [2.24, 2.45) is 5.73 Å². The monoisotopic (exact) mass is 356 g/mol. The lowest BCUT2D eigenvalue weighted by molar-refractivity contribution is 0.619. The van der Waals surface area contributed by atoms with Crippen molar-refractivity contribution in [3.8, 4) is 5.69 Å². The summed E-state index contributed by atoms with van der Waals surface area (Å²) in [5.74, 6) is 0. The third-order valence-corrected chi connectivity index (χ3v) is 4.15. The van der Waals surface area contributed by atoms with Crippen LogP contribution in [-0.2, 0) is 0 Å². The number of nitrogens with two attached hydrogens (primary N) is 1. The van der Waals surface area contributed by atoms with Crippen LogP contribution < -0.4 is 5.73 Å². The van der Waals surface area contributed by atoms with E-state index < -0.39 is 0 Å². The molecule has 0 aliphatic carbocycles. The number of hydrogen-bond donors (Lipinski definition) is 1. The molecule has 5 heteroatoms. The molecule has 0 spiro atoms. The maximum atomic E-state index is 6.05. The molecule has 0 aliphatic rings. The number of benzene rings is 1. The van der Waals surface area contributed by atoms with Gasteiger partial charge in [0.2, 0.25) is 0 Å². The Balaban J connectivity index is 2.32. The Kier molecular flexibility index (Phi) is 4.34. The minimum Gasteiger partial charge on any atom is -0.323 e. The van der Waals surface area contributed by atoms with Crippen molar-refractivity contribution in [3.05, 3.63) is 39.2 Å². The van der Waals surface area contributed by atoms with Crippen molar-refractivity contribution in [3.63, 3.8) is 0 Å². The number of nitrogens with zero attached hydrogens (tertiary/aromatic N) is 3. The van der Waals surface area contributed by atoms with E-state index in [2.05, 4.69) is 52.8 Å². The molecule has 1 heterocycles. The van der Waals surface area contributed by atoms with E-state index in [9.17, 15) is 0 Å². The van der Waals surface area contributed by atoms with E-state index in [0.29, 0.717) is 0 Å². The van der Waals surface area contributed by atoms with Gasteiger partial charge in [-0.25, -0.2) is 4.68 Å². The van der Waals surface area contributed by atoms with Gasteiger partial charge in [-0.1, -0.05) is 24.6 Å². The molecule has 0 bridgehead atoms. The highest BCUT2D eigenvalue weighted by atomic mass is 127. The molecule has 1 aromatic heterocycles. The summed E-state index contributed by atoms with van der Waals surface area (Å²) < 4.78 is 3.03. The molecule has 0 radical (unpaired) electrons. The van der Waals surface area contributed by atoms with Crippen LogP contribution in [0.5, 0.6) is 0 Å². The van der Waals surface area contributed by atoms with E-state index in [-0.39, 0.29) is 6.04 Å². The van der Waals surface area contributed by atoms with Crippen LogP contribution in [0.15, 0.2) is 24.4 Å². The van der Waals surface area contributed by atoms with Gasteiger partial charge in [0.1, 0.15) is 0 Å². The average Bonchev–Trinajstić information content (AvgIpc) is 2.82. The third kappa shape index (κ3) is 2.72. The molecule has 18 heavy (non-hydrogen) atoms. The summed E-state index contributed by atoms with van der Waals surface area (Å²) in [5, 5.41) is 8.34. The van der Waals surface area contributed by atoms with E-state index >= 15 is 0 Å². The molecular weight excluding hydrogens is 339 g/mol. The van der Waals surface area contributed by atoms with Gasteiger partial charge in [0.25, 0.3) is 0 Å². The van der Waals surface area contributed by atoms with Gasteiger partial charge in [-0.3, -0.25) is 0 Å². The molecule has 0 aliphatic heterocycles. The Morgan fingerprint density at radius 1 is 1.44 bits per heavy atom. The molecule has 4 nitrogen and oxygen atoms in total. The summed E-state index contributed by atoms with van der Waals surface area (Å²) in [5.41, 5.74) is 9.17. The zero-order chi connectivity index (χ0) is 13.1. The van der Waals surface area contributed by atoms with E-state index in [1.165, 1.54) is 9.13 Å². The SMILES string of the molecule is CCCC(N)c1cn(-c2cccc(I)c2C)nn1. The van der Waals surface area contributed by atoms with Gasteiger partial charge < -0.3 is 5.73 Å². The Hall–Kier alpha value is -0.950. The first-order valence-corrected chi connectivity index (χ1v) is 7.14. The van der Waals surface area contributed by atoms with Crippen molar-refractivity contribution in [2.75, 3.05) is 0 Å². The van der Waals surface area contributed by atoms with Crippen LogP contribution in [-0.4, -0.2) is 15.0 Å². The quantitative estimate of drug-likeness (QED) is 0.857. The summed E-state index contributed by atoms with van der Waals surface area (Å²) in [6, 6.07) is 6.13. The fraction of sp³-hybridized carbons (Fsp3) is 0.385. The molecule has 1 aromatic carbocycles. The molecule has 1 atom stereocenters. The van der Waals surface area contributed by atoms with E-state index in [4.69, 9.17) is 5.73 Å². The molecule has 2 rings (SSSR count). The molecule has 0 saturated heterocycles. The molecule has 96 valence electrons. The molecule has 1 unspecified atom stereocenters. The van der Waals surface area contributed by atoms with Crippen molar-refractivity contribution >= 4 is 22.6 Å². The highest BCUT2D eigenvalue weighted by molar-refractivity contribution is 14.1. The van der Waals surface area contributed by atoms with Crippen LogP contribution in [0, 0.1) is 10.5 Å². The smallest absolute Gasteiger partial charge is 0.0998 e. The van der Waals surface area contributed by atoms with Crippen molar-refractivity contribution < 1.29 is 0 Å². The minimum atomic E-state index is -0.0214. The molecule has 0 fully saturated rings. The van der Waals surface area contributed by atoms with Crippen LogP contribution in [0.4, 0.5) is 0 Å². The van der Waals surface area contributed by atoms with Crippen LogP contribution in [0.25, 0.3) is 5.69 Å². The second-order valence-electron chi connectivity index (χ2n) is 4.37. The minimum absolute atomic E-state index is 0.0214. The van der Waals surface area contributed by atoms with E-state index in [1.807, 2.05) is 23.0 Å². The lowest BCUT2D eigenvalue weighted by Crippen LogP contribution is -2.10. The number of hydrogen-bond acceptors (Lipinski definition) is 3. The van der Waals surface area contributed by atoms with E-state index in [1.54, 1.807) is 0 Å². The van der Waals surface area contributed by atoms with Crippen LogP contribution in [0.3, 0.4) is 0 Å². The third-order valence-electron chi connectivity index (χ3n) is 2.98. The van der Waals surface area contributed by atoms with Gasteiger partial charge in [0.05, 0.1) is 23.6 Å². The topological polar surface area (TPSA) is 56.7 Å². The Bertz CT molecular complexity index is 536. The number of aromatic nitrogens is 3. The summed E-state index contributed by atoms with van der Waals surface area (Å²) in [7, 11) is 0. The van der Waals surface area contributed by atoms with Gasteiger partial charge in [-0.2, -0.15) is 0 Å². The van der Waals surface area contributed by atoms with Crippen LogP contribution in [0.1, 0.15) is 37.1 Å². The van der Waals surface area contributed by atoms with E-state index in [0.717, 1.165) is 24.2 Å². The molecule has 2 aromatic rings. The second-order valence-corrected chi connectivity index (χ2v) is 5.53. The lowest BCUT2D eigenvalue weighted by Gasteiger charge is -2.07. The summed E-state index contributed by atoms with van der Waals surface area (Å²) >= 11 is 2.32. The Morgan fingerprint density at radius 2 is 2.22 bits per heavy atom. The zero-order valence-corrected chi connectivity index (χ0v) is 12.8.